The molecule has 18 nitrogen and oxygen atoms in total. The van der Waals surface area contributed by atoms with Crippen molar-refractivity contribution in [3.63, 3.8) is 0 Å². The molecular weight excluding hydrogens is 1260 g/mol. The predicted molar refractivity (Wildman–Crippen MR) is 389 cm³/mol. The number of pyridine rings is 6. The van der Waals surface area contributed by atoms with E-state index in [0.717, 1.165) is 153 Å². The number of nitrogens with zero attached hydrogens (tertiary/aromatic N) is 13. The molecule has 4 saturated heterocycles. The maximum atomic E-state index is 16.1. The third-order valence-electron chi connectivity index (χ3n) is 20.7. The van der Waals surface area contributed by atoms with Gasteiger partial charge in [0.2, 0.25) is 0 Å². The number of benzene rings is 2. The van der Waals surface area contributed by atoms with Gasteiger partial charge in [0.05, 0.1) is 52.2 Å². The normalized spacial score (nSPS) is 19.7. The molecule has 6 aromatic heterocycles. The van der Waals surface area contributed by atoms with Crippen molar-refractivity contribution < 1.29 is 18.3 Å². The highest BCUT2D eigenvalue weighted by Gasteiger charge is 2.36. The van der Waals surface area contributed by atoms with E-state index in [1.54, 1.807) is 11.9 Å². The minimum Gasteiger partial charge on any atom is -0.444 e. The standard InChI is InChI=1S/C41H52FN7O3.C36H44FN7O.ClH/c1-27-9-10-32(21-44-27)46-16-7-8-34(26-46)48(22-29-13-15-43-28(2)18-29)23-30-24-49(31-11-12-31)37-20-38(36(42)19-35(37)39(30)50)47-17-14-33(25-47)45(6)40(51)52-41(3,4)5;1-24-6-7-30(18-40-24)41-13-4-5-31(23-41)43(19-26-10-12-39-25(2)15-26)20-27-21-44(29-8-9-29)34-17-35(33(37)16-32(34)36(27)45)42-14-11-28(22-42)38-3;/h9-10,13,15,18-21,24,31,33-34H,7-8,11-12,14,16-17,22-23,25-26H2,1-6H3;6-7,10,12,15-18,21,28-29,31,38H,4-5,8-9,11,13-14,19-20,22-23H2,1-3H3;1H/t33-,34-;28-,31-;/m00./s1. The number of aryl methyl sites for hydroxylation is 4. The van der Waals surface area contributed by atoms with Crippen LogP contribution in [0.2, 0.25) is 0 Å². The molecule has 14 rings (SSSR count). The molecule has 4 aliphatic heterocycles. The molecule has 1 N–H and O–H groups in total. The summed E-state index contributed by atoms with van der Waals surface area (Å²) < 4.78 is 41.9. The summed E-state index contributed by atoms with van der Waals surface area (Å²) in [7, 11) is 3.70. The van der Waals surface area contributed by atoms with Crippen LogP contribution in [0.5, 0.6) is 0 Å². The second kappa shape index (κ2) is 29.8. The molecule has 4 atom stereocenters. The Balaban J connectivity index is 0.000000186. The van der Waals surface area contributed by atoms with Crippen molar-refractivity contribution in [2.75, 3.05) is 86.1 Å². The fourth-order valence-corrected chi connectivity index (χ4v) is 15.0. The number of carbonyl (C=O) groups is 1. The molecule has 2 aliphatic carbocycles. The Morgan fingerprint density at radius 2 is 1.01 bits per heavy atom. The molecule has 0 bridgehead atoms. The van der Waals surface area contributed by atoms with Crippen LogP contribution in [0.4, 0.5) is 36.3 Å². The summed E-state index contributed by atoms with van der Waals surface area (Å²) in [4.78, 5) is 74.7. The van der Waals surface area contributed by atoms with Gasteiger partial charge in [-0.15, -0.1) is 12.4 Å². The first kappa shape index (κ1) is 69.8. The number of hydrogen-bond donors (Lipinski definition) is 1. The SMILES string of the molecule is CN[C@H]1CCN(c2cc3c(cc2F)c(=O)c(CN(Cc2ccnc(C)c2)[C@H]2CCCN(c4ccc(C)nc4)C2)cn3C2CC2)C1.Cc1ccc(N2CCC[C@H](N(Cc3ccnc(C)c3)Cc3cn(C4CC4)c4cc(N5CC[C@H](N(C)C(=O)OC(C)(C)C)C5)c(F)cc4c3=O)C2)cn1.Cl. The first-order chi connectivity index (χ1) is 46.7. The smallest absolute Gasteiger partial charge is 0.410 e. The van der Waals surface area contributed by atoms with Crippen LogP contribution in [0.25, 0.3) is 21.8 Å². The Bertz CT molecular complexity index is 4270. The lowest BCUT2D eigenvalue weighted by atomic mass is 10.0. The van der Waals surface area contributed by atoms with Crippen molar-refractivity contribution in [3.05, 3.63) is 187 Å². The number of hydrogen-bond acceptors (Lipinski definition) is 15. The summed E-state index contributed by atoms with van der Waals surface area (Å²) in [6.45, 7) is 22.2. The van der Waals surface area contributed by atoms with Crippen LogP contribution >= 0.6 is 12.4 Å². The van der Waals surface area contributed by atoms with Gasteiger partial charge in [-0.1, -0.05) is 0 Å². The number of aromatic nitrogens is 6. The van der Waals surface area contributed by atoms with E-state index < -0.39 is 11.4 Å². The van der Waals surface area contributed by atoms with E-state index in [4.69, 9.17) is 4.74 Å². The molecule has 2 saturated carbocycles. The van der Waals surface area contributed by atoms with Gasteiger partial charge in [-0.3, -0.25) is 39.3 Å². The van der Waals surface area contributed by atoms with Crippen molar-refractivity contribution in [3.8, 4) is 0 Å². The lowest BCUT2D eigenvalue weighted by Gasteiger charge is -2.40. The number of fused-ring (bicyclic) bond motifs is 2. The van der Waals surface area contributed by atoms with Gasteiger partial charge in [0.15, 0.2) is 10.9 Å². The molecule has 1 amide bonds. The molecule has 98 heavy (non-hydrogen) atoms. The minimum absolute atomic E-state index is 0. The number of ether oxygens (including phenoxy) is 1. The first-order valence-electron chi connectivity index (χ1n) is 35.2. The van der Waals surface area contributed by atoms with E-state index in [0.29, 0.717) is 85.5 Å². The van der Waals surface area contributed by atoms with Crippen molar-refractivity contribution in [2.45, 2.75) is 181 Å². The van der Waals surface area contributed by atoms with Gasteiger partial charge in [0, 0.05) is 185 Å². The zero-order valence-corrected chi connectivity index (χ0v) is 59.3. The summed E-state index contributed by atoms with van der Waals surface area (Å²) >= 11 is 0. The van der Waals surface area contributed by atoms with Gasteiger partial charge in [-0.25, -0.2) is 13.6 Å². The fraction of sp³-hybridized carbons (Fsp3) is 0.494. The van der Waals surface area contributed by atoms with Gasteiger partial charge >= 0.3 is 6.09 Å². The lowest BCUT2D eigenvalue weighted by Crippen LogP contribution is -2.48. The predicted octanol–water partition coefficient (Wildman–Crippen LogP) is 12.8. The van der Waals surface area contributed by atoms with Crippen molar-refractivity contribution in [1.29, 1.82) is 0 Å². The molecule has 6 fully saturated rings. The Kier molecular flexibility index (Phi) is 21.2. The van der Waals surface area contributed by atoms with Crippen LogP contribution in [-0.4, -0.2) is 146 Å². The van der Waals surface area contributed by atoms with E-state index in [1.165, 1.54) is 17.7 Å². The zero-order chi connectivity index (χ0) is 67.8. The number of rotatable bonds is 18. The van der Waals surface area contributed by atoms with Gasteiger partial charge in [-0.2, -0.15) is 0 Å². The van der Waals surface area contributed by atoms with Crippen molar-refractivity contribution in [1.82, 2.24) is 49.1 Å². The molecule has 2 aromatic carbocycles. The summed E-state index contributed by atoms with van der Waals surface area (Å²) in [5.41, 5.74) is 11.9. The number of likely N-dealkylation sites (N-methyl/N-ethyl adjacent to an activating group) is 2. The minimum atomic E-state index is -0.593. The molecule has 520 valence electrons. The Morgan fingerprint density at radius 3 is 1.43 bits per heavy atom. The topological polar surface area (TPSA) is 157 Å². The largest absolute Gasteiger partial charge is 0.444 e. The average molecular weight is 1360 g/mol. The molecule has 6 aliphatic rings. The van der Waals surface area contributed by atoms with E-state index in [1.807, 2.05) is 104 Å². The van der Waals surface area contributed by atoms with Crippen LogP contribution in [0.1, 0.15) is 142 Å². The highest BCUT2D eigenvalue weighted by Crippen LogP contribution is 2.41. The maximum absolute atomic E-state index is 16.1. The number of nitrogens with one attached hydrogen (secondary N) is 1. The average Bonchev–Trinajstić information content (AvgIpc) is 1.59. The van der Waals surface area contributed by atoms with Crippen LogP contribution in [0, 0.1) is 39.3 Å². The zero-order valence-electron chi connectivity index (χ0n) is 58.5. The number of amides is 1. The van der Waals surface area contributed by atoms with Crippen LogP contribution in [0.3, 0.4) is 0 Å². The molecular formula is C77H97ClF2N14O4. The van der Waals surface area contributed by atoms with Gasteiger partial charge < -0.3 is 43.7 Å². The summed E-state index contributed by atoms with van der Waals surface area (Å²) in [6.07, 6.45) is 21.4. The first-order valence-corrected chi connectivity index (χ1v) is 35.2. The van der Waals surface area contributed by atoms with E-state index in [9.17, 15) is 14.4 Å². The number of halogens is 3. The quantitative estimate of drug-likeness (QED) is 0.0865. The van der Waals surface area contributed by atoms with Gasteiger partial charge in [-0.05, 0) is 204 Å². The Hall–Kier alpha value is -8.04. The van der Waals surface area contributed by atoms with Gasteiger partial charge in [0.1, 0.15) is 17.2 Å². The number of piperidine rings is 2. The van der Waals surface area contributed by atoms with Crippen LogP contribution < -0.4 is 35.8 Å². The van der Waals surface area contributed by atoms with Crippen LogP contribution in [-0.2, 0) is 30.9 Å². The third-order valence-corrected chi connectivity index (χ3v) is 20.7. The molecule has 10 heterocycles. The van der Waals surface area contributed by atoms with E-state index >= 15 is 8.78 Å². The number of anilines is 4. The molecule has 0 spiro atoms. The van der Waals surface area contributed by atoms with Crippen LogP contribution in [0.15, 0.2) is 120 Å². The second-order valence-electron chi connectivity index (χ2n) is 29.3. The monoisotopic (exact) mass is 1350 g/mol. The molecule has 21 heteroatoms. The Labute approximate surface area is 581 Å². The highest BCUT2D eigenvalue weighted by molar-refractivity contribution is 5.86. The highest BCUT2D eigenvalue weighted by atomic mass is 35.5. The molecule has 8 aromatic rings. The summed E-state index contributed by atoms with van der Waals surface area (Å²) in [6, 6.07) is 24.9. The third kappa shape index (κ3) is 16.1. The second-order valence-corrected chi connectivity index (χ2v) is 29.3. The summed E-state index contributed by atoms with van der Waals surface area (Å²) in [5.74, 6) is -0.724. The van der Waals surface area contributed by atoms with Crippen molar-refractivity contribution >= 4 is 63.1 Å². The lowest BCUT2D eigenvalue weighted by molar-refractivity contribution is 0.0237. The summed E-state index contributed by atoms with van der Waals surface area (Å²) in [5, 5.41) is 4.23. The van der Waals surface area contributed by atoms with Crippen molar-refractivity contribution in [2.24, 2.45) is 0 Å². The Morgan fingerprint density at radius 1 is 0.551 bits per heavy atom. The fourth-order valence-electron chi connectivity index (χ4n) is 15.0. The molecule has 0 unspecified atom stereocenters. The number of carbonyl (C=O) groups excluding carboxylic acids is 1. The molecule has 0 radical (unpaired) electrons. The maximum Gasteiger partial charge on any atom is 0.410 e. The van der Waals surface area contributed by atoms with E-state index in [2.05, 4.69) is 114 Å². The van der Waals surface area contributed by atoms with Gasteiger partial charge in [0.25, 0.3) is 0 Å². The van der Waals surface area contributed by atoms with E-state index in [-0.39, 0.29) is 59.3 Å².